The van der Waals surface area contributed by atoms with Gasteiger partial charge in [-0.3, -0.25) is 4.68 Å². The molecule has 0 aliphatic carbocycles. The van der Waals surface area contributed by atoms with E-state index in [1.807, 2.05) is 13.8 Å². The topological polar surface area (TPSA) is 55.1 Å². The van der Waals surface area contributed by atoms with Crippen molar-refractivity contribution in [3.05, 3.63) is 51.0 Å². The van der Waals surface area contributed by atoms with Gasteiger partial charge in [-0.05, 0) is 47.5 Å². The number of hydrogen-bond donors (Lipinski definition) is 1. The minimum absolute atomic E-state index is 0.0383. The van der Waals surface area contributed by atoms with Crippen molar-refractivity contribution >= 4 is 21.9 Å². The molecule has 0 saturated carbocycles. The van der Waals surface area contributed by atoms with Crippen molar-refractivity contribution in [3.63, 3.8) is 0 Å². The molecule has 0 atom stereocenters. The molecule has 0 bridgehead atoms. The van der Waals surface area contributed by atoms with Gasteiger partial charge in [0.25, 0.3) is 0 Å². The van der Waals surface area contributed by atoms with Gasteiger partial charge in [0.15, 0.2) is 0 Å². The second-order valence-electron chi connectivity index (χ2n) is 4.25. The van der Waals surface area contributed by atoms with Gasteiger partial charge < -0.3 is 5.11 Å². The van der Waals surface area contributed by atoms with Gasteiger partial charge in [0.05, 0.1) is 28.0 Å². The lowest BCUT2D eigenvalue weighted by Crippen LogP contribution is -2.10. The third-order valence-corrected chi connectivity index (χ3v) is 4.06. The smallest absolute Gasteiger partial charge is 0.336 e. The van der Waals surface area contributed by atoms with Crippen LogP contribution in [0.2, 0.25) is 0 Å². The predicted octanol–water partition coefficient (Wildman–Crippen LogP) is 3.15. The quantitative estimate of drug-likeness (QED) is 0.942. The molecule has 0 aliphatic heterocycles. The average molecular weight is 327 g/mol. The second-order valence-corrected chi connectivity index (χ2v) is 5.04. The SMILES string of the molecule is Cc1nn(Cc2ccc(F)cc2C(=O)O)c(C)c1Br. The monoisotopic (exact) mass is 326 g/mol. The van der Waals surface area contributed by atoms with Crippen LogP contribution >= 0.6 is 15.9 Å². The van der Waals surface area contributed by atoms with Gasteiger partial charge in [-0.2, -0.15) is 5.10 Å². The molecule has 100 valence electrons. The third kappa shape index (κ3) is 2.68. The molecule has 6 heteroatoms. The van der Waals surface area contributed by atoms with Gasteiger partial charge >= 0.3 is 5.97 Å². The van der Waals surface area contributed by atoms with Crippen LogP contribution in [-0.2, 0) is 6.54 Å². The van der Waals surface area contributed by atoms with Crippen molar-refractivity contribution < 1.29 is 14.3 Å². The van der Waals surface area contributed by atoms with Crippen molar-refractivity contribution in [2.75, 3.05) is 0 Å². The fraction of sp³-hybridized carbons (Fsp3) is 0.231. The van der Waals surface area contributed by atoms with E-state index in [0.29, 0.717) is 12.1 Å². The summed E-state index contributed by atoms with van der Waals surface area (Å²) in [6.07, 6.45) is 0. The number of halogens is 2. The first-order chi connectivity index (χ1) is 8.90. The highest BCUT2D eigenvalue weighted by molar-refractivity contribution is 9.10. The first kappa shape index (κ1) is 13.7. The van der Waals surface area contributed by atoms with Crippen LogP contribution in [0.25, 0.3) is 0 Å². The fourth-order valence-corrected chi connectivity index (χ4v) is 2.16. The highest BCUT2D eigenvalue weighted by atomic mass is 79.9. The van der Waals surface area contributed by atoms with E-state index in [1.54, 1.807) is 4.68 Å². The first-order valence-corrected chi connectivity index (χ1v) is 6.40. The Morgan fingerprint density at radius 2 is 2.16 bits per heavy atom. The van der Waals surface area contributed by atoms with Gasteiger partial charge in [0, 0.05) is 0 Å². The summed E-state index contributed by atoms with van der Waals surface area (Å²) in [5, 5.41) is 13.4. The summed E-state index contributed by atoms with van der Waals surface area (Å²) in [4.78, 5) is 11.1. The molecular formula is C13H12BrFN2O2. The molecule has 19 heavy (non-hydrogen) atoms. The van der Waals surface area contributed by atoms with E-state index in [2.05, 4.69) is 21.0 Å². The number of carboxylic acid groups (broad SMARTS) is 1. The Balaban J connectivity index is 2.43. The Labute approximate surface area is 118 Å². The summed E-state index contributed by atoms with van der Waals surface area (Å²) >= 11 is 3.41. The molecule has 0 amide bonds. The largest absolute Gasteiger partial charge is 0.478 e. The summed E-state index contributed by atoms with van der Waals surface area (Å²) in [5.41, 5.74) is 2.21. The van der Waals surface area contributed by atoms with Gasteiger partial charge in [-0.25, -0.2) is 9.18 Å². The maximum Gasteiger partial charge on any atom is 0.336 e. The number of nitrogens with zero attached hydrogens (tertiary/aromatic N) is 2. The van der Waals surface area contributed by atoms with Crippen LogP contribution < -0.4 is 0 Å². The zero-order valence-corrected chi connectivity index (χ0v) is 12.0. The summed E-state index contributed by atoms with van der Waals surface area (Å²) in [6, 6.07) is 3.75. The van der Waals surface area contributed by atoms with E-state index in [1.165, 1.54) is 12.1 Å². The van der Waals surface area contributed by atoms with Crippen LogP contribution in [0.5, 0.6) is 0 Å². The molecule has 0 spiro atoms. The summed E-state index contributed by atoms with van der Waals surface area (Å²) in [6.45, 7) is 4.03. The Morgan fingerprint density at radius 1 is 1.47 bits per heavy atom. The lowest BCUT2D eigenvalue weighted by Gasteiger charge is -2.08. The number of carbonyl (C=O) groups is 1. The van der Waals surface area contributed by atoms with Gasteiger partial charge in [-0.15, -0.1) is 0 Å². The van der Waals surface area contributed by atoms with Crippen molar-refractivity contribution in [1.82, 2.24) is 9.78 Å². The lowest BCUT2D eigenvalue weighted by molar-refractivity contribution is 0.0695. The summed E-state index contributed by atoms with van der Waals surface area (Å²) in [7, 11) is 0. The zero-order valence-electron chi connectivity index (χ0n) is 10.4. The predicted molar refractivity (Wildman–Crippen MR) is 71.9 cm³/mol. The van der Waals surface area contributed by atoms with E-state index in [9.17, 15) is 9.18 Å². The molecular weight excluding hydrogens is 315 g/mol. The number of rotatable bonds is 3. The first-order valence-electron chi connectivity index (χ1n) is 5.61. The van der Waals surface area contributed by atoms with E-state index >= 15 is 0 Å². The molecule has 1 aromatic heterocycles. The molecule has 0 aliphatic rings. The van der Waals surface area contributed by atoms with E-state index in [0.717, 1.165) is 21.9 Å². The average Bonchev–Trinajstić information content (AvgIpc) is 2.59. The Kier molecular flexibility index (Phi) is 3.71. The maximum atomic E-state index is 13.1. The Bertz CT molecular complexity index is 652. The molecule has 0 radical (unpaired) electrons. The molecule has 1 heterocycles. The van der Waals surface area contributed by atoms with Crippen LogP contribution in [0.4, 0.5) is 4.39 Å². The van der Waals surface area contributed by atoms with Gasteiger partial charge in [-0.1, -0.05) is 6.07 Å². The van der Waals surface area contributed by atoms with Crippen LogP contribution in [0.3, 0.4) is 0 Å². The van der Waals surface area contributed by atoms with E-state index < -0.39 is 11.8 Å². The number of aryl methyl sites for hydroxylation is 1. The zero-order chi connectivity index (χ0) is 14.2. The van der Waals surface area contributed by atoms with Crippen LogP contribution in [-0.4, -0.2) is 20.9 Å². The molecule has 0 saturated heterocycles. The number of carboxylic acids is 1. The van der Waals surface area contributed by atoms with Crippen molar-refractivity contribution in [3.8, 4) is 0 Å². The maximum absolute atomic E-state index is 13.1. The summed E-state index contributed by atoms with van der Waals surface area (Å²) < 4.78 is 15.7. The van der Waals surface area contributed by atoms with Crippen LogP contribution in [0, 0.1) is 19.7 Å². The molecule has 0 fully saturated rings. The molecule has 1 N–H and O–H groups in total. The lowest BCUT2D eigenvalue weighted by atomic mass is 10.1. The van der Waals surface area contributed by atoms with Crippen molar-refractivity contribution in [1.29, 1.82) is 0 Å². The normalized spacial score (nSPS) is 10.7. The number of aromatic nitrogens is 2. The highest BCUT2D eigenvalue weighted by Gasteiger charge is 2.14. The Hall–Kier alpha value is -1.69. The number of hydrogen-bond acceptors (Lipinski definition) is 2. The molecule has 0 unspecified atom stereocenters. The molecule has 2 rings (SSSR count). The van der Waals surface area contributed by atoms with Crippen LogP contribution in [0.1, 0.15) is 27.3 Å². The molecule has 2 aromatic rings. The highest BCUT2D eigenvalue weighted by Crippen LogP contribution is 2.21. The summed E-state index contributed by atoms with van der Waals surface area (Å²) in [5.74, 6) is -1.70. The Morgan fingerprint density at radius 3 is 2.68 bits per heavy atom. The minimum Gasteiger partial charge on any atom is -0.478 e. The second kappa shape index (κ2) is 5.13. The standard InChI is InChI=1S/C13H12BrFN2O2/c1-7-12(14)8(2)17(16-7)6-9-3-4-10(15)5-11(9)13(18)19/h3-5H,6H2,1-2H3,(H,18,19). The fourth-order valence-electron chi connectivity index (χ4n) is 1.88. The van der Waals surface area contributed by atoms with E-state index in [4.69, 9.17) is 5.11 Å². The minimum atomic E-state index is -1.14. The van der Waals surface area contributed by atoms with Crippen molar-refractivity contribution in [2.45, 2.75) is 20.4 Å². The van der Waals surface area contributed by atoms with Gasteiger partial charge in [0.2, 0.25) is 0 Å². The van der Waals surface area contributed by atoms with Gasteiger partial charge in [0.1, 0.15) is 5.82 Å². The van der Waals surface area contributed by atoms with E-state index in [-0.39, 0.29) is 5.56 Å². The number of benzene rings is 1. The molecule has 1 aromatic carbocycles. The third-order valence-electron chi connectivity index (χ3n) is 2.92. The van der Waals surface area contributed by atoms with Crippen LogP contribution in [0.15, 0.2) is 22.7 Å². The molecule has 4 nitrogen and oxygen atoms in total. The number of aromatic carboxylic acids is 1. The van der Waals surface area contributed by atoms with Crippen molar-refractivity contribution in [2.24, 2.45) is 0 Å².